The van der Waals surface area contributed by atoms with Crippen molar-refractivity contribution >= 4 is 5.91 Å². The summed E-state index contributed by atoms with van der Waals surface area (Å²) in [5.41, 5.74) is 0. The summed E-state index contributed by atoms with van der Waals surface area (Å²) in [6.45, 7) is 2.33. The number of carbonyl (C=O) groups excluding carboxylic acids is 1. The normalized spacial score (nSPS) is 31.8. The van der Waals surface area contributed by atoms with Crippen molar-refractivity contribution in [1.82, 2.24) is 10.2 Å². The number of hydrogen-bond donors (Lipinski definition) is 2. The van der Waals surface area contributed by atoms with Crippen LogP contribution in [-0.2, 0) is 9.53 Å². The molecule has 2 N–H and O–H groups in total. The molecule has 0 saturated carbocycles. The monoisotopic (exact) mass is 228 g/mol. The standard InChI is InChI=1S/C11H20N2O3/c14-6-10-7-16-8-11(15)13(10)5-9-3-1-2-4-12-9/h9-10,12,14H,1-8H2. The van der Waals surface area contributed by atoms with E-state index in [1.807, 2.05) is 0 Å². The van der Waals surface area contributed by atoms with Crippen molar-refractivity contribution in [2.24, 2.45) is 0 Å². The zero-order chi connectivity index (χ0) is 11.4. The number of aliphatic hydroxyl groups is 1. The lowest BCUT2D eigenvalue weighted by molar-refractivity contribution is -0.150. The molecule has 0 bridgehead atoms. The lowest BCUT2D eigenvalue weighted by Gasteiger charge is -2.37. The third kappa shape index (κ3) is 2.72. The molecule has 0 aliphatic carbocycles. The highest BCUT2D eigenvalue weighted by molar-refractivity contribution is 5.78. The number of aliphatic hydroxyl groups excluding tert-OH is 1. The lowest BCUT2D eigenvalue weighted by Crippen LogP contribution is -2.56. The van der Waals surface area contributed by atoms with Gasteiger partial charge in [0.25, 0.3) is 0 Å². The topological polar surface area (TPSA) is 61.8 Å². The predicted octanol–water partition coefficient (Wildman–Crippen LogP) is -0.652. The summed E-state index contributed by atoms with van der Waals surface area (Å²) < 4.78 is 5.13. The van der Waals surface area contributed by atoms with Crippen LogP contribution in [0.5, 0.6) is 0 Å². The molecule has 5 heteroatoms. The van der Waals surface area contributed by atoms with E-state index >= 15 is 0 Å². The number of amides is 1. The molecule has 0 spiro atoms. The van der Waals surface area contributed by atoms with E-state index < -0.39 is 0 Å². The average molecular weight is 228 g/mol. The van der Waals surface area contributed by atoms with E-state index in [2.05, 4.69) is 5.32 Å². The van der Waals surface area contributed by atoms with Crippen LogP contribution in [0.4, 0.5) is 0 Å². The maximum Gasteiger partial charge on any atom is 0.249 e. The first-order valence-corrected chi connectivity index (χ1v) is 6.02. The zero-order valence-corrected chi connectivity index (χ0v) is 9.52. The minimum absolute atomic E-state index is 0.00215. The summed E-state index contributed by atoms with van der Waals surface area (Å²) in [5, 5.41) is 12.6. The Balaban J connectivity index is 1.91. The zero-order valence-electron chi connectivity index (χ0n) is 9.52. The molecule has 0 aromatic carbocycles. The van der Waals surface area contributed by atoms with Gasteiger partial charge in [0.15, 0.2) is 0 Å². The van der Waals surface area contributed by atoms with Crippen molar-refractivity contribution in [3.8, 4) is 0 Å². The van der Waals surface area contributed by atoms with Crippen molar-refractivity contribution < 1.29 is 14.6 Å². The fraction of sp³-hybridized carbons (Fsp3) is 0.909. The summed E-state index contributed by atoms with van der Waals surface area (Å²) >= 11 is 0. The molecular formula is C11H20N2O3. The molecule has 2 heterocycles. The maximum absolute atomic E-state index is 11.7. The SMILES string of the molecule is O=C1COCC(CO)N1CC1CCCCN1. The molecule has 16 heavy (non-hydrogen) atoms. The summed E-state index contributed by atoms with van der Waals surface area (Å²) in [6.07, 6.45) is 3.56. The smallest absolute Gasteiger partial charge is 0.249 e. The van der Waals surface area contributed by atoms with Gasteiger partial charge in [-0.25, -0.2) is 0 Å². The van der Waals surface area contributed by atoms with Gasteiger partial charge in [-0.2, -0.15) is 0 Å². The fourth-order valence-corrected chi connectivity index (χ4v) is 2.38. The number of piperidine rings is 1. The first-order chi connectivity index (χ1) is 7.81. The molecule has 0 aromatic heterocycles. The minimum atomic E-state index is -0.162. The second-order valence-electron chi connectivity index (χ2n) is 4.54. The van der Waals surface area contributed by atoms with Crippen molar-refractivity contribution in [1.29, 1.82) is 0 Å². The van der Waals surface area contributed by atoms with Crippen LogP contribution in [0, 0.1) is 0 Å². The Hall–Kier alpha value is -0.650. The molecule has 2 rings (SSSR count). The van der Waals surface area contributed by atoms with Crippen LogP contribution in [0.25, 0.3) is 0 Å². The molecule has 2 aliphatic rings. The van der Waals surface area contributed by atoms with Gasteiger partial charge in [0.1, 0.15) is 6.61 Å². The van der Waals surface area contributed by atoms with E-state index in [4.69, 9.17) is 4.74 Å². The molecule has 2 unspecified atom stereocenters. The van der Waals surface area contributed by atoms with Gasteiger partial charge in [0, 0.05) is 12.6 Å². The highest BCUT2D eigenvalue weighted by Crippen LogP contribution is 2.13. The number of nitrogens with zero attached hydrogens (tertiary/aromatic N) is 1. The van der Waals surface area contributed by atoms with Crippen molar-refractivity contribution in [2.45, 2.75) is 31.3 Å². The molecule has 5 nitrogen and oxygen atoms in total. The van der Waals surface area contributed by atoms with Gasteiger partial charge < -0.3 is 20.1 Å². The Kier molecular flexibility index (Phi) is 4.15. The van der Waals surface area contributed by atoms with Crippen LogP contribution in [0.3, 0.4) is 0 Å². The van der Waals surface area contributed by atoms with Crippen LogP contribution in [0.2, 0.25) is 0 Å². The van der Waals surface area contributed by atoms with Crippen molar-refractivity contribution in [2.75, 3.05) is 32.9 Å². The van der Waals surface area contributed by atoms with Crippen LogP contribution >= 0.6 is 0 Å². The third-order valence-electron chi connectivity index (χ3n) is 3.34. The number of morpholine rings is 1. The molecule has 0 aromatic rings. The second-order valence-corrected chi connectivity index (χ2v) is 4.54. The highest BCUT2D eigenvalue weighted by Gasteiger charge is 2.30. The van der Waals surface area contributed by atoms with E-state index in [0.29, 0.717) is 19.2 Å². The van der Waals surface area contributed by atoms with Gasteiger partial charge in [-0.15, -0.1) is 0 Å². The van der Waals surface area contributed by atoms with Gasteiger partial charge in [-0.05, 0) is 19.4 Å². The van der Waals surface area contributed by atoms with Gasteiger partial charge in [0.2, 0.25) is 5.91 Å². The summed E-state index contributed by atoms with van der Waals surface area (Å²) in [7, 11) is 0. The number of hydrogen-bond acceptors (Lipinski definition) is 4. The quantitative estimate of drug-likeness (QED) is 0.674. The number of ether oxygens (including phenoxy) is 1. The number of rotatable bonds is 3. The Morgan fingerprint density at radius 2 is 2.38 bits per heavy atom. The lowest BCUT2D eigenvalue weighted by atomic mass is 10.0. The van der Waals surface area contributed by atoms with E-state index in [1.54, 1.807) is 4.90 Å². The van der Waals surface area contributed by atoms with Gasteiger partial charge in [0.05, 0.1) is 19.3 Å². The molecular weight excluding hydrogens is 208 g/mol. The van der Waals surface area contributed by atoms with Crippen LogP contribution in [0.15, 0.2) is 0 Å². The van der Waals surface area contributed by atoms with Crippen LogP contribution in [0.1, 0.15) is 19.3 Å². The Labute approximate surface area is 95.8 Å². The fourth-order valence-electron chi connectivity index (χ4n) is 2.38. The van der Waals surface area contributed by atoms with Crippen molar-refractivity contribution in [3.05, 3.63) is 0 Å². The van der Waals surface area contributed by atoms with Gasteiger partial charge in [-0.3, -0.25) is 4.79 Å². The predicted molar refractivity (Wildman–Crippen MR) is 59.0 cm³/mol. The Morgan fingerprint density at radius 1 is 1.50 bits per heavy atom. The van der Waals surface area contributed by atoms with E-state index in [-0.39, 0.29) is 25.2 Å². The molecule has 2 fully saturated rings. The van der Waals surface area contributed by atoms with Gasteiger partial charge >= 0.3 is 0 Å². The van der Waals surface area contributed by atoms with E-state index in [9.17, 15) is 9.90 Å². The minimum Gasteiger partial charge on any atom is -0.394 e. The maximum atomic E-state index is 11.7. The largest absolute Gasteiger partial charge is 0.394 e. The molecule has 2 atom stereocenters. The van der Waals surface area contributed by atoms with E-state index in [0.717, 1.165) is 13.0 Å². The van der Waals surface area contributed by atoms with Crippen LogP contribution in [-0.4, -0.2) is 60.9 Å². The summed E-state index contributed by atoms with van der Waals surface area (Å²) in [5.74, 6) is -0.00215. The average Bonchev–Trinajstić information content (AvgIpc) is 2.33. The first-order valence-electron chi connectivity index (χ1n) is 6.02. The second kappa shape index (κ2) is 5.61. The molecule has 1 amide bonds. The van der Waals surface area contributed by atoms with Gasteiger partial charge in [-0.1, -0.05) is 6.42 Å². The molecule has 2 saturated heterocycles. The number of nitrogens with one attached hydrogen (secondary N) is 1. The van der Waals surface area contributed by atoms with Crippen LogP contribution < -0.4 is 5.32 Å². The van der Waals surface area contributed by atoms with Crippen molar-refractivity contribution in [3.63, 3.8) is 0 Å². The Morgan fingerprint density at radius 3 is 3.06 bits per heavy atom. The number of carbonyl (C=O) groups is 1. The molecule has 92 valence electrons. The summed E-state index contributed by atoms with van der Waals surface area (Å²) in [6, 6.07) is 0.217. The van der Waals surface area contributed by atoms with E-state index in [1.165, 1.54) is 12.8 Å². The molecule has 2 aliphatic heterocycles. The first kappa shape index (κ1) is 11.8. The molecule has 0 radical (unpaired) electrons. The Bertz CT molecular complexity index is 241. The highest BCUT2D eigenvalue weighted by atomic mass is 16.5. The summed E-state index contributed by atoms with van der Waals surface area (Å²) in [4.78, 5) is 13.5. The third-order valence-corrected chi connectivity index (χ3v) is 3.34.